The van der Waals surface area contributed by atoms with Crippen LogP contribution in [0.25, 0.3) is 16.5 Å². The van der Waals surface area contributed by atoms with Gasteiger partial charge in [0.1, 0.15) is 5.56 Å². The van der Waals surface area contributed by atoms with Crippen molar-refractivity contribution in [2.75, 3.05) is 5.73 Å². The van der Waals surface area contributed by atoms with Crippen molar-refractivity contribution in [2.45, 2.75) is 19.9 Å². The number of carbonyl (C=O) groups is 1. The van der Waals surface area contributed by atoms with Crippen LogP contribution in [0.3, 0.4) is 0 Å². The van der Waals surface area contributed by atoms with Gasteiger partial charge in [0.05, 0.1) is 23.2 Å². The molecule has 0 aliphatic carbocycles. The number of nitrogen functional groups attached to an aromatic ring is 1. The minimum Gasteiger partial charge on any atom is -0.382 e. The molecule has 0 spiro atoms. The van der Waals surface area contributed by atoms with Crippen molar-refractivity contribution in [1.82, 2.24) is 29.4 Å². The number of fused-ring (bicyclic) bond motifs is 1. The maximum Gasteiger partial charge on any atom is 0.264 e. The molecular weight excluding hydrogens is 478 g/mol. The number of anilines is 1. The van der Waals surface area contributed by atoms with E-state index in [9.17, 15) is 9.59 Å². The zero-order chi connectivity index (χ0) is 27.0. The van der Waals surface area contributed by atoms with Crippen LogP contribution in [0.2, 0.25) is 0 Å². The molecule has 0 unspecified atom stereocenters. The van der Waals surface area contributed by atoms with Gasteiger partial charge < -0.3 is 11.1 Å². The number of hydrogen-bond donors (Lipinski definition) is 2. The molecule has 3 N–H and O–H groups in total. The number of hydrogen-bond acceptors (Lipinski definition) is 5. The van der Waals surface area contributed by atoms with Crippen LogP contribution in [-0.4, -0.2) is 30.0 Å². The van der Waals surface area contributed by atoms with E-state index in [1.165, 1.54) is 0 Å². The van der Waals surface area contributed by atoms with Crippen LogP contribution < -0.4 is 16.6 Å². The van der Waals surface area contributed by atoms with E-state index in [1.54, 1.807) is 34.1 Å². The fourth-order valence-corrected chi connectivity index (χ4v) is 4.53. The van der Waals surface area contributed by atoms with E-state index in [0.717, 1.165) is 10.9 Å². The van der Waals surface area contributed by atoms with E-state index in [2.05, 4.69) is 27.4 Å². The monoisotopic (exact) mass is 505 g/mol. The lowest BCUT2D eigenvalue weighted by Crippen LogP contribution is -2.32. The smallest absolute Gasteiger partial charge is 0.264 e. The van der Waals surface area contributed by atoms with Crippen molar-refractivity contribution in [3.8, 4) is 17.5 Å². The minimum absolute atomic E-state index is 0.158. The molecule has 3 aromatic heterocycles. The summed E-state index contributed by atoms with van der Waals surface area (Å²) in [5.41, 5.74) is 9.43. The molecule has 3 heterocycles. The number of amides is 1. The molecule has 0 saturated carbocycles. The molecule has 0 aliphatic heterocycles. The summed E-state index contributed by atoms with van der Waals surface area (Å²) in [7, 11) is 3.56. The van der Waals surface area contributed by atoms with E-state index in [0.29, 0.717) is 33.6 Å². The number of rotatable bonds is 4. The molecule has 0 fully saturated rings. The zero-order valence-electron chi connectivity index (χ0n) is 21.6. The molecule has 1 atom stereocenters. The first-order valence-corrected chi connectivity index (χ1v) is 12.1. The Morgan fingerprint density at radius 3 is 2.50 bits per heavy atom. The van der Waals surface area contributed by atoms with Crippen LogP contribution in [0.5, 0.6) is 0 Å². The Kier molecular flexibility index (Phi) is 6.31. The quantitative estimate of drug-likeness (QED) is 0.364. The minimum atomic E-state index is -0.524. The molecule has 9 heteroatoms. The second-order valence-electron chi connectivity index (χ2n) is 9.13. The topological polar surface area (TPSA) is 113 Å². The van der Waals surface area contributed by atoms with Crippen molar-refractivity contribution in [2.24, 2.45) is 14.1 Å². The number of carbonyl (C=O) groups excluding carboxylic acids is 1. The van der Waals surface area contributed by atoms with E-state index in [1.807, 2.05) is 74.8 Å². The molecule has 9 nitrogen and oxygen atoms in total. The van der Waals surface area contributed by atoms with Gasteiger partial charge in [-0.2, -0.15) is 10.2 Å². The molecule has 2 aromatic carbocycles. The first-order chi connectivity index (χ1) is 18.2. The SMILES string of the molecule is Cc1c(C(=O)N[C@@H](C)c2cc3cccc(C#Cc4cnn(C)c4)c3c(=O)n2-c2ccccc2)c(N)nn1C. The van der Waals surface area contributed by atoms with Gasteiger partial charge in [-0.1, -0.05) is 42.2 Å². The van der Waals surface area contributed by atoms with E-state index in [-0.39, 0.29) is 17.3 Å². The van der Waals surface area contributed by atoms with Crippen LogP contribution >= 0.6 is 0 Å². The van der Waals surface area contributed by atoms with Crippen molar-refractivity contribution in [3.05, 3.63) is 105 Å². The number of aromatic nitrogens is 5. The fourth-order valence-electron chi connectivity index (χ4n) is 4.53. The largest absolute Gasteiger partial charge is 0.382 e. The average molecular weight is 506 g/mol. The summed E-state index contributed by atoms with van der Waals surface area (Å²) in [6.07, 6.45) is 3.50. The van der Waals surface area contributed by atoms with Gasteiger partial charge in [-0.05, 0) is 43.5 Å². The van der Waals surface area contributed by atoms with Crippen molar-refractivity contribution in [1.29, 1.82) is 0 Å². The number of nitrogens with zero attached hydrogens (tertiary/aromatic N) is 5. The number of para-hydroxylation sites is 1. The molecule has 5 rings (SSSR count). The molecule has 0 bridgehead atoms. The van der Waals surface area contributed by atoms with Gasteiger partial charge in [-0.15, -0.1) is 0 Å². The summed E-state index contributed by atoms with van der Waals surface area (Å²) in [6.45, 7) is 3.62. The first kappa shape index (κ1) is 24.6. The molecular formula is C29H27N7O2. The highest BCUT2D eigenvalue weighted by Crippen LogP contribution is 2.24. The van der Waals surface area contributed by atoms with E-state index >= 15 is 0 Å². The lowest BCUT2D eigenvalue weighted by Gasteiger charge is -2.21. The van der Waals surface area contributed by atoms with Gasteiger partial charge in [-0.3, -0.25) is 23.5 Å². The summed E-state index contributed by atoms with van der Waals surface area (Å²) < 4.78 is 4.87. The maximum atomic E-state index is 14.1. The number of nitrogens with one attached hydrogen (secondary N) is 1. The van der Waals surface area contributed by atoms with Crippen LogP contribution in [-0.2, 0) is 14.1 Å². The second kappa shape index (κ2) is 9.75. The molecule has 190 valence electrons. The maximum absolute atomic E-state index is 14.1. The molecule has 38 heavy (non-hydrogen) atoms. The lowest BCUT2D eigenvalue weighted by atomic mass is 10.0. The third kappa shape index (κ3) is 4.44. The molecule has 0 saturated heterocycles. The Balaban J connectivity index is 1.65. The van der Waals surface area contributed by atoms with Gasteiger partial charge in [-0.25, -0.2) is 0 Å². The zero-order valence-corrected chi connectivity index (χ0v) is 21.6. The highest BCUT2D eigenvalue weighted by Gasteiger charge is 2.23. The summed E-state index contributed by atoms with van der Waals surface area (Å²) in [4.78, 5) is 27.3. The van der Waals surface area contributed by atoms with Crippen molar-refractivity contribution < 1.29 is 4.79 Å². The van der Waals surface area contributed by atoms with Crippen molar-refractivity contribution >= 4 is 22.5 Å². The second-order valence-corrected chi connectivity index (χ2v) is 9.13. The Morgan fingerprint density at radius 2 is 1.84 bits per heavy atom. The average Bonchev–Trinajstić information content (AvgIpc) is 3.43. The third-order valence-corrected chi connectivity index (χ3v) is 6.52. The normalized spacial score (nSPS) is 11.7. The predicted molar refractivity (Wildman–Crippen MR) is 147 cm³/mol. The highest BCUT2D eigenvalue weighted by molar-refractivity contribution is 5.99. The number of pyridine rings is 1. The van der Waals surface area contributed by atoms with Gasteiger partial charge in [0.15, 0.2) is 5.82 Å². The Hall–Kier alpha value is -5.10. The van der Waals surface area contributed by atoms with E-state index in [4.69, 9.17) is 5.73 Å². The number of benzene rings is 2. The number of aryl methyl sites for hydroxylation is 2. The molecule has 0 radical (unpaired) electrons. The van der Waals surface area contributed by atoms with Crippen LogP contribution in [0.1, 0.15) is 45.8 Å². The first-order valence-electron chi connectivity index (χ1n) is 12.1. The van der Waals surface area contributed by atoms with Gasteiger partial charge in [0, 0.05) is 42.9 Å². The Labute approximate surface area is 219 Å². The number of nitrogens with two attached hydrogens (primary N) is 1. The van der Waals surface area contributed by atoms with Gasteiger partial charge >= 0.3 is 0 Å². The van der Waals surface area contributed by atoms with Gasteiger partial charge in [0.2, 0.25) is 0 Å². The molecule has 0 aliphatic rings. The van der Waals surface area contributed by atoms with Crippen LogP contribution in [0.4, 0.5) is 5.82 Å². The predicted octanol–water partition coefficient (Wildman–Crippen LogP) is 3.24. The Morgan fingerprint density at radius 1 is 1.08 bits per heavy atom. The highest BCUT2D eigenvalue weighted by atomic mass is 16.2. The Bertz CT molecular complexity index is 1800. The van der Waals surface area contributed by atoms with Gasteiger partial charge in [0.25, 0.3) is 11.5 Å². The van der Waals surface area contributed by atoms with Crippen LogP contribution in [0.15, 0.2) is 71.8 Å². The lowest BCUT2D eigenvalue weighted by molar-refractivity contribution is 0.0939. The summed E-state index contributed by atoms with van der Waals surface area (Å²) >= 11 is 0. The third-order valence-electron chi connectivity index (χ3n) is 6.52. The van der Waals surface area contributed by atoms with E-state index < -0.39 is 6.04 Å². The summed E-state index contributed by atoms with van der Waals surface area (Å²) in [5.74, 6) is 6.04. The van der Waals surface area contributed by atoms with Crippen molar-refractivity contribution in [3.63, 3.8) is 0 Å². The summed E-state index contributed by atoms with van der Waals surface area (Å²) in [6, 6.07) is 16.3. The fraction of sp³-hybridized carbons (Fsp3) is 0.172. The summed E-state index contributed by atoms with van der Waals surface area (Å²) in [5, 5.41) is 12.5. The molecule has 5 aromatic rings. The standard InChI is InChI=1S/C29H27N7O2/c1-18(32-28(37)25-19(2)35(4)33-27(25)30)24-15-22-10-8-9-21(14-13-20-16-31-34(3)17-20)26(22)29(38)36(24)23-11-6-5-7-12-23/h5-12,15-18H,1-4H3,(H2,30,33)(H,32,37)/t18-/m0/s1. The van der Waals surface area contributed by atoms with Crippen LogP contribution in [0, 0.1) is 18.8 Å². The molecule has 1 amide bonds.